The first-order chi connectivity index (χ1) is 13.8. The lowest BCUT2D eigenvalue weighted by atomic mass is 9.96. The number of halogens is 2. The molecule has 5 nitrogen and oxygen atoms in total. The zero-order valence-electron chi connectivity index (χ0n) is 16.0. The first-order valence-electron chi connectivity index (χ1n) is 9.70. The molecule has 1 fully saturated rings. The van der Waals surface area contributed by atoms with Gasteiger partial charge in [0.05, 0.1) is 15.6 Å². The van der Waals surface area contributed by atoms with E-state index in [2.05, 4.69) is 10.0 Å². The van der Waals surface area contributed by atoms with Crippen LogP contribution in [0.2, 0.25) is 10.0 Å². The Balaban J connectivity index is 1.54. The number of hydrogen-bond donors (Lipinski definition) is 2. The van der Waals surface area contributed by atoms with E-state index in [0.29, 0.717) is 22.2 Å². The van der Waals surface area contributed by atoms with Crippen LogP contribution >= 0.6 is 23.2 Å². The highest BCUT2D eigenvalue weighted by atomic mass is 35.5. The second-order valence-corrected chi connectivity index (χ2v) is 9.83. The summed E-state index contributed by atoms with van der Waals surface area (Å²) in [6.07, 6.45) is 5.81. The number of carbonyl (C=O) groups excluding carboxylic acids is 1. The van der Waals surface area contributed by atoms with Gasteiger partial charge >= 0.3 is 0 Å². The Labute approximate surface area is 181 Å². The van der Waals surface area contributed by atoms with E-state index in [1.54, 1.807) is 42.5 Å². The molecule has 0 atom stereocenters. The lowest BCUT2D eigenvalue weighted by molar-refractivity contribution is -0.116. The van der Waals surface area contributed by atoms with E-state index in [1.165, 1.54) is 6.42 Å². The molecule has 29 heavy (non-hydrogen) atoms. The molecule has 0 spiro atoms. The molecular weight excluding hydrogens is 431 g/mol. The maximum atomic E-state index is 12.5. The summed E-state index contributed by atoms with van der Waals surface area (Å²) in [7, 11) is -3.51. The molecule has 0 radical (unpaired) electrons. The van der Waals surface area contributed by atoms with Gasteiger partial charge in [0.2, 0.25) is 15.9 Å². The summed E-state index contributed by atoms with van der Waals surface area (Å²) in [6, 6.07) is 11.6. The first-order valence-corrected chi connectivity index (χ1v) is 11.9. The molecule has 8 heteroatoms. The minimum Gasteiger partial charge on any atom is -0.325 e. The van der Waals surface area contributed by atoms with E-state index in [9.17, 15) is 13.2 Å². The number of amides is 1. The van der Waals surface area contributed by atoms with Crippen molar-refractivity contribution in [3.63, 3.8) is 0 Å². The molecule has 2 aromatic rings. The zero-order chi connectivity index (χ0) is 20.9. The Morgan fingerprint density at radius 1 is 1.00 bits per heavy atom. The molecule has 0 aromatic heterocycles. The molecule has 0 saturated heterocycles. The van der Waals surface area contributed by atoms with Crippen LogP contribution in [0.3, 0.4) is 0 Å². The Bertz CT molecular complexity index is 956. The highest BCUT2D eigenvalue weighted by molar-refractivity contribution is 7.89. The number of sulfonamides is 1. The maximum absolute atomic E-state index is 12.5. The molecule has 0 aliphatic heterocycles. The van der Waals surface area contributed by atoms with Gasteiger partial charge in [-0.05, 0) is 55.2 Å². The van der Waals surface area contributed by atoms with Gasteiger partial charge in [-0.2, -0.15) is 0 Å². The fourth-order valence-electron chi connectivity index (χ4n) is 3.41. The van der Waals surface area contributed by atoms with Crippen molar-refractivity contribution in [2.45, 2.75) is 55.9 Å². The van der Waals surface area contributed by atoms with Gasteiger partial charge in [-0.1, -0.05) is 54.6 Å². The van der Waals surface area contributed by atoms with Crippen LogP contribution < -0.4 is 10.0 Å². The Morgan fingerprint density at radius 2 is 1.69 bits per heavy atom. The zero-order valence-corrected chi connectivity index (χ0v) is 18.3. The van der Waals surface area contributed by atoms with Gasteiger partial charge in [-0.15, -0.1) is 0 Å². The summed E-state index contributed by atoms with van der Waals surface area (Å²) in [6.45, 7) is 0. The van der Waals surface area contributed by atoms with Gasteiger partial charge in [0.1, 0.15) is 0 Å². The number of nitrogens with one attached hydrogen (secondary N) is 2. The lowest BCUT2D eigenvalue weighted by Crippen LogP contribution is -2.36. The van der Waals surface area contributed by atoms with Gasteiger partial charge in [-0.3, -0.25) is 4.79 Å². The summed E-state index contributed by atoms with van der Waals surface area (Å²) >= 11 is 12.0. The van der Waals surface area contributed by atoms with E-state index in [0.717, 1.165) is 31.2 Å². The third kappa shape index (κ3) is 6.44. The molecule has 1 aliphatic rings. The van der Waals surface area contributed by atoms with Crippen LogP contribution in [-0.2, 0) is 21.2 Å². The summed E-state index contributed by atoms with van der Waals surface area (Å²) in [5, 5.41) is 3.65. The van der Waals surface area contributed by atoms with Crippen molar-refractivity contribution in [1.29, 1.82) is 0 Å². The van der Waals surface area contributed by atoms with Crippen LogP contribution in [0.25, 0.3) is 0 Å². The Morgan fingerprint density at radius 3 is 2.38 bits per heavy atom. The van der Waals surface area contributed by atoms with Gasteiger partial charge in [0, 0.05) is 17.5 Å². The monoisotopic (exact) mass is 454 g/mol. The van der Waals surface area contributed by atoms with Crippen molar-refractivity contribution in [3.05, 3.63) is 58.1 Å². The third-order valence-corrected chi connectivity index (χ3v) is 7.10. The van der Waals surface area contributed by atoms with E-state index in [1.807, 2.05) is 0 Å². The highest BCUT2D eigenvalue weighted by Crippen LogP contribution is 2.25. The number of hydrogen-bond acceptors (Lipinski definition) is 3. The van der Waals surface area contributed by atoms with Crippen molar-refractivity contribution >= 4 is 44.8 Å². The number of anilines is 1. The number of rotatable bonds is 7. The summed E-state index contributed by atoms with van der Waals surface area (Å²) in [4.78, 5) is 12.4. The molecule has 2 N–H and O–H groups in total. The Kier molecular flexibility index (Phi) is 7.57. The quantitative estimate of drug-likeness (QED) is 0.605. The summed E-state index contributed by atoms with van der Waals surface area (Å²) < 4.78 is 27.9. The van der Waals surface area contributed by atoms with Crippen LogP contribution in [0, 0.1) is 0 Å². The van der Waals surface area contributed by atoms with E-state index in [-0.39, 0.29) is 23.3 Å². The largest absolute Gasteiger partial charge is 0.325 e. The van der Waals surface area contributed by atoms with Crippen LogP contribution in [0.1, 0.15) is 44.1 Å². The van der Waals surface area contributed by atoms with E-state index in [4.69, 9.17) is 23.2 Å². The van der Waals surface area contributed by atoms with Gasteiger partial charge in [-0.25, -0.2) is 13.1 Å². The average Bonchev–Trinajstić information content (AvgIpc) is 2.70. The highest BCUT2D eigenvalue weighted by Gasteiger charge is 2.21. The van der Waals surface area contributed by atoms with Crippen molar-refractivity contribution < 1.29 is 13.2 Å². The van der Waals surface area contributed by atoms with Gasteiger partial charge < -0.3 is 5.32 Å². The molecule has 3 rings (SSSR count). The smallest absolute Gasteiger partial charge is 0.240 e. The van der Waals surface area contributed by atoms with E-state index < -0.39 is 10.0 Å². The molecule has 0 heterocycles. The predicted molar refractivity (Wildman–Crippen MR) is 117 cm³/mol. The van der Waals surface area contributed by atoms with Crippen molar-refractivity contribution in [1.82, 2.24) is 4.72 Å². The SMILES string of the molecule is O=C(CCc1ccc(S(=O)(=O)NC2CCCCC2)cc1)Nc1cc(Cl)ccc1Cl. The molecule has 1 saturated carbocycles. The lowest BCUT2D eigenvalue weighted by Gasteiger charge is -2.22. The third-order valence-electron chi connectivity index (χ3n) is 5.00. The average molecular weight is 455 g/mol. The van der Waals surface area contributed by atoms with E-state index >= 15 is 0 Å². The van der Waals surface area contributed by atoms with Crippen LogP contribution in [-0.4, -0.2) is 20.4 Å². The summed E-state index contributed by atoms with van der Waals surface area (Å²) in [5.41, 5.74) is 1.35. The second-order valence-electron chi connectivity index (χ2n) is 7.27. The van der Waals surface area contributed by atoms with Crippen LogP contribution in [0.15, 0.2) is 47.4 Å². The van der Waals surface area contributed by atoms with Crippen molar-refractivity contribution in [2.24, 2.45) is 0 Å². The number of benzene rings is 2. The predicted octanol–water partition coefficient (Wildman–Crippen LogP) is 5.18. The van der Waals surface area contributed by atoms with Crippen LogP contribution in [0.4, 0.5) is 5.69 Å². The first kappa shape index (κ1) is 22.1. The summed E-state index contributed by atoms with van der Waals surface area (Å²) in [5.74, 6) is -0.190. The maximum Gasteiger partial charge on any atom is 0.240 e. The van der Waals surface area contributed by atoms with Gasteiger partial charge in [0.15, 0.2) is 0 Å². The standard InChI is InChI=1S/C21H24Cl2N2O3S/c22-16-9-12-19(23)20(14-16)24-21(26)13-8-15-6-10-18(11-7-15)29(27,28)25-17-4-2-1-3-5-17/h6-7,9-12,14,17,25H,1-5,8,13H2,(H,24,26). The van der Waals surface area contributed by atoms with Gasteiger partial charge in [0.25, 0.3) is 0 Å². The molecule has 0 bridgehead atoms. The fourth-order valence-corrected chi connectivity index (χ4v) is 5.05. The molecular formula is C21H24Cl2N2O3S. The molecule has 156 valence electrons. The minimum absolute atomic E-state index is 0.0236. The van der Waals surface area contributed by atoms with Crippen molar-refractivity contribution in [3.8, 4) is 0 Å². The number of aryl methyl sites for hydroxylation is 1. The normalized spacial score (nSPS) is 15.2. The Hall–Kier alpha value is -1.60. The second kappa shape index (κ2) is 9.94. The molecule has 0 unspecified atom stereocenters. The minimum atomic E-state index is -3.51. The number of carbonyl (C=O) groups is 1. The fraction of sp³-hybridized carbons (Fsp3) is 0.381. The molecule has 2 aromatic carbocycles. The molecule has 1 amide bonds. The van der Waals surface area contributed by atoms with Crippen molar-refractivity contribution in [2.75, 3.05) is 5.32 Å². The topological polar surface area (TPSA) is 75.3 Å². The molecule has 1 aliphatic carbocycles. The van der Waals surface area contributed by atoms with Crippen LogP contribution in [0.5, 0.6) is 0 Å².